The summed E-state index contributed by atoms with van der Waals surface area (Å²) in [5.41, 5.74) is 9.44. The number of carbonyl (C=O) groups is 1. The number of phenolic OH excluding ortho intramolecular Hbond substituents is 2. The van der Waals surface area contributed by atoms with E-state index in [0.29, 0.717) is 123 Å². The van der Waals surface area contributed by atoms with Crippen LogP contribution in [0.2, 0.25) is 0 Å². The molecule has 0 bridgehead atoms. The largest absolute Gasteiger partial charge is 0.508 e. The first-order chi connectivity index (χ1) is 59.9. The van der Waals surface area contributed by atoms with E-state index in [1.807, 2.05) is 111 Å². The molecule has 5 N–H and O–H groups in total. The number of fused-ring (bicyclic) bond motifs is 11. The lowest BCUT2D eigenvalue weighted by atomic mass is 9.76. The number of para-hydroxylation sites is 1. The van der Waals surface area contributed by atoms with Crippen LogP contribution in [-0.2, 0) is 9.53 Å². The van der Waals surface area contributed by atoms with Crippen LogP contribution >= 0.6 is 0 Å². The number of carbonyl (C=O) groups excluding carboxylic acids is 1. The third kappa shape index (κ3) is 16.2. The van der Waals surface area contributed by atoms with Gasteiger partial charge in [-0.05, 0) is 114 Å². The second-order valence-corrected chi connectivity index (χ2v) is 31.8. The molecule has 10 aromatic carbocycles. The minimum atomic E-state index is -1.36. The van der Waals surface area contributed by atoms with E-state index in [1.54, 1.807) is 99.0 Å². The van der Waals surface area contributed by atoms with E-state index in [1.165, 1.54) is 19.8 Å². The lowest BCUT2D eigenvalue weighted by Gasteiger charge is -2.39. The number of aliphatic hydroxyl groups excluding tert-OH is 1. The highest BCUT2D eigenvalue weighted by atomic mass is 16.7. The Balaban J connectivity index is 0.000000110. The molecule has 1 saturated carbocycles. The molecule has 12 unspecified atom stereocenters. The van der Waals surface area contributed by atoms with Gasteiger partial charge in [-0.25, -0.2) is 0 Å². The summed E-state index contributed by atoms with van der Waals surface area (Å²) in [6, 6.07) is 49.1. The van der Waals surface area contributed by atoms with E-state index in [2.05, 4.69) is 18.2 Å². The standard InChI is InChI=1S/C20H22O7.C20H18O5.C19H20O7.C19H20O5.C17H16O5/c1-20(21)9-13(11-5-17(22-2)19(24-4)18(6-11)23-3)12-7-15-16(26-10-25-15)8-14(12)27-20;1-22-12-4-2-3-11(7-12)19-13-8-17-18(24-10-23-17)9-16(13)25-15-6-5-14(21)20(15)19;1-19(21)8-12(10-4-16(22-2)18(20)17(5-10)23-3)11-6-14-15(25-9-24-14)7-13(11)26-19;1-19(21-3)10-15(12-4-6-13(20-2)7-5-12)14-8-17-18(23-11-22-17)9-16(14)24-19;1-9-16(10-4-2-3-5-12(10)18)11-6-14-15(21-8-20-14)7-13(11)22-17(9)19/h5-8,13,21H,9-10H2,1-4H3;2-4,7-9,15,19-20H,5-6,10H2,1H3;4-7,12,20-21H,8-9H2,1-3H3;4-9,15H,10-11H2,1-3H3;2-7,9,16-19H,8H2,1H3. The first-order valence-electron chi connectivity index (χ1n) is 40.5. The van der Waals surface area contributed by atoms with Crippen molar-refractivity contribution in [3.63, 3.8) is 0 Å². The van der Waals surface area contributed by atoms with Gasteiger partial charge in [0.25, 0.3) is 0 Å². The molecule has 124 heavy (non-hydrogen) atoms. The maximum Gasteiger partial charge on any atom is 0.231 e. The molecule has 1 fully saturated rings. The minimum Gasteiger partial charge on any atom is -0.508 e. The first kappa shape index (κ1) is 83.2. The fraction of sp³-hybridized carbons (Fsp3) is 0.358. The van der Waals surface area contributed by atoms with Crippen LogP contribution in [-0.4, -0.2) is 152 Å². The van der Waals surface area contributed by atoms with Gasteiger partial charge in [0.1, 0.15) is 57.9 Å². The molecule has 29 nitrogen and oxygen atoms in total. The Labute approximate surface area is 714 Å². The van der Waals surface area contributed by atoms with Crippen molar-refractivity contribution in [3.05, 3.63) is 213 Å². The number of benzene rings is 10. The molecule has 0 aromatic heterocycles. The Hall–Kier alpha value is -13.1. The molecule has 0 saturated heterocycles. The van der Waals surface area contributed by atoms with Gasteiger partial charge in [-0.1, -0.05) is 49.4 Å². The smallest absolute Gasteiger partial charge is 0.231 e. The summed E-state index contributed by atoms with van der Waals surface area (Å²) in [6.45, 7) is 8.07. The summed E-state index contributed by atoms with van der Waals surface area (Å²) in [5, 5.41) is 51.9. The van der Waals surface area contributed by atoms with Crippen molar-refractivity contribution in [2.75, 3.05) is 90.8 Å². The quantitative estimate of drug-likeness (QED) is 0.0716. The SMILES string of the molecule is CC1C(O)Oc2cc3c(cc2C1c1ccccc1O)OCO3.COc1cc(C2CC(C)(O)Oc3cc4c(cc32)OCO4)cc(OC)c1O.COc1cc(C2CC(C)(O)Oc3cc4c(cc32)OCO4)cc(OC)c1OC.COc1ccc(C2CC(C)(OC)Oc3cc4c(cc32)OCO4)cc1.COc1cccc(C2c3cc4c(cc3OC3CCC(=O)C32)OCO4)c1. The predicted octanol–water partition coefficient (Wildman–Crippen LogP) is 15.4. The molecule has 11 aliphatic rings. The molecule has 650 valence electrons. The van der Waals surface area contributed by atoms with Crippen molar-refractivity contribution >= 4 is 5.78 Å². The molecule has 10 heterocycles. The molecule has 12 atom stereocenters. The topological polar surface area (TPSA) is 331 Å². The Morgan fingerprint density at radius 2 is 0.790 bits per heavy atom. The number of phenols is 2. The van der Waals surface area contributed by atoms with Gasteiger partial charge in [-0.3, -0.25) is 4.79 Å². The van der Waals surface area contributed by atoms with Gasteiger partial charge in [0, 0.05) is 153 Å². The van der Waals surface area contributed by atoms with E-state index in [4.69, 9.17) is 109 Å². The molecule has 0 spiro atoms. The monoisotopic (exact) mass is 1700 g/mol. The number of ketones is 1. The third-order valence-corrected chi connectivity index (χ3v) is 24.0. The van der Waals surface area contributed by atoms with Crippen LogP contribution in [0.15, 0.2) is 158 Å². The molecule has 10 aromatic rings. The molecule has 1 aliphatic carbocycles. The zero-order chi connectivity index (χ0) is 86.6. The highest BCUT2D eigenvalue weighted by Crippen LogP contribution is 2.58. The lowest BCUT2D eigenvalue weighted by Crippen LogP contribution is -2.40. The number of Topliss-reactive ketones (excluding diaryl/α,β-unsaturated/α-hetero) is 1. The van der Waals surface area contributed by atoms with Gasteiger partial charge >= 0.3 is 0 Å². The highest BCUT2D eigenvalue weighted by molar-refractivity contribution is 5.86. The van der Waals surface area contributed by atoms with Crippen molar-refractivity contribution in [1.29, 1.82) is 0 Å². The maximum atomic E-state index is 12.6. The molecule has 10 aliphatic heterocycles. The van der Waals surface area contributed by atoms with Gasteiger partial charge < -0.3 is 134 Å². The van der Waals surface area contributed by atoms with Gasteiger partial charge in [0.15, 0.2) is 80.5 Å². The Bertz CT molecular complexity index is 5620. The highest BCUT2D eigenvalue weighted by Gasteiger charge is 2.49. The molecule has 0 radical (unpaired) electrons. The van der Waals surface area contributed by atoms with Gasteiger partial charge in [0.2, 0.25) is 69.1 Å². The third-order valence-electron chi connectivity index (χ3n) is 24.0. The second-order valence-electron chi connectivity index (χ2n) is 31.8. The zero-order valence-electron chi connectivity index (χ0n) is 70.3. The van der Waals surface area contributed by atoms with E-state index in [9.17, 15) is 30.3 Å². The van der Waals surface area contributed by atoms with Gasteiger partial charge in [0.05, 0.1) is 55.7 Å². The molecule has 0 amide bonds. The fourth-order valence-corrected chi connectivity index (χ4v) is 17.9. The molecule has 21 rings (SSSR count). The summed E-state index contributed by atoms with van der Waals surface area (Å²) >= 11 is 0. The number of hydrogen-bond donors (Lipinski definition) is 5. The van der Waals surface area contributed by atoms with E-state index in [-0.39, 0.29) is 98.8 Å². The number of aliphatic hydroxyl groups is 3. The van der Waals surface area contributed by atoms with Crippen LogP contribution in [0.3, 0.4) is 0 Å². The van der Waals surface area contributed by atoms with E-state index in [0.717, 1.165) is 85.2 Å². The summed E-state index contributed by atoms with van der Waals surface area (Å²) in [4.78, 5) is 12.6. The van der Waals surface area contributed by atoms with Gasteiger partial charge in [-0.2, -0.15) is 0 Å². The van der Waals surface area contributed by atoms with Crippen molar-refractivity contribution in [3.8, 4) is 138 Å². The number of ether oxygens (including phenoxy) is 23. The van der Waals surface area contributed by atoms with Crippen molar-refractivity contribution in [1.82, 2.24) is 0 Å². The van der Waals surface area contributed by atoms with E-state index < -0.39 is 23.7 Å². The lowest BCUT2D eigenvalue weighted by molar-refractivity contribution is -0.163. The second kappa shape index (κ2) is 34.0. The van der Waals surface area contributed by atoms with Crippen LogP contribution in [0, 0.1) is 11.8 Å². The van der Waals surface area contributed by atoms with Crippen molar-refractivity contribution in [2.24, 2.45) is 11.8 Å². The Morgan fingerprint density at radius 3 is 1.24 bits per heavy atom. The van der Waals surface area contributed by atoms with Crippen molar-refractivity contribution < 1.29 is 139 Å². The van der Waals surface area contributed by atoms with Gasteiger partial charge in [-0.15, -0.1) is 0 Å². The molecular weight excluding hydrogens is 1610 g/mol. The van der Waals surface area contributed by atoms with Crippen LogP contribution in [0.4, 0.5) is 0 Å². The number of rotatable bonds is 13. The Kier molecular flexibility index (Phi) is 22.8. The Morgan fingerprint density at radius 1 is 0.371 bits per heavy atom. The average molecular weight is 1700 g/mol. The number of aromatic hydroxyl groups is 2. The zero-order valence-corrected chi connectivity index (χ0v) is 70.3. The number of methoxy groups -OCH3 is 8. The average Bonchev–Trinajstić information content (AvgIpc) is 1.47. The normalized spacial score (nSPS) is 24.2. The summed E-state index contributed by atoms with van der Waals surface area (Å²) in [5.74, 6) is 9.87. The van der Waals surface area contributed by atoms with Crippen LogP contribution in [0.25, 0.3) is 0 Å². The fourth-order valence-electron chi connectivity index (χ4n) is 17.9. The summed E-state index contributed by atoms with van der Waals surface area (Å²) in [6.07, 6.45) is 1.68. The summed E-state index contributed by atoms with van der Waals surface area (Å²) < 4.78 is 127. The van der Waals surface area contributed by atoms with Crippen molar-refractivity contribution in [2.45, 2.75) is 119 Å². The first-order valence-corrected chi connectivity index (χ1v) is 40.5. The molecule has 29 heteroatoms. The summed E-state index contributed by atoms with van der Waals surface area (Å²) in [7, 11) is 12.7. The minimum absolute atomic E-state index is 0.0617. The maximum absolute atomic E-state index is 12.6. The van der Waals surface area contributed by atoms with E-state index >= 15 is 0 Å². The predicted molar refractivity (Wildman–Crippen MR) is 444 cm³/mol. The van der Waals surface area contributed by atoms with Crippen LogP contribution < -0.4 is 104 Å². The molecular formula is C95H96O29. The van der Waals surface area contributed by atoms with Crippen LogP contribution in [0.1, 0.15) is 145 Å². The van der Waals surface area contributed by atoms with Crippen LogP contribution in [0.5, 0.6) is 138 Å². The number of hydrogen-bond acceptors (Lipinski definition) is 29.